The van der Waals surface area contributed by atoms with Crippen LogP contribution in [0.1, 0.15) is 32.8 Å². The third-order valence-electron chi connectivity index (χ3n) is 5.19. The summed E-state index contributed by atoms with van der Waals surface area (Å²) in [4.78, 5) is 6.82. The van der Waals surface area contributed by atoms with Crippen molar-refractivity contribution < 1.29 is 9.84 Å². The maximum atomic E-state index is 9.98. The lowest BCUT2D eigenvalue weighted by atomic mass is 10.0. The minimum atomic E-state index is -0.965. The van der Waals surface area contributed by atoms with Gasteiger partial charge in [-0.2, -0.15) is 10.4 Å². The number of nitrogens with two attached hydrogens (primary N) is 1. The summed E-state index contributed by atoms with van der Waals surface area (Å²) >= 11 is 0. The average Bonchev–Trinajstić information content (AvgIpc) is 3.28. The molecule has 3 N–H and O–H groups in total. The first-order chi connectivity index (χ1) is 14.1. The molecule has 3 aromatic heterocycles. The predicted octanol–water partition coefficient (Wildman–Crippen LogP) is 2.35. The molecule has 0 saturated carbocycles. The normalized spacial score (nSPS) is 19.3. The maximum Gasteiger partial charge on any atom is 0.138 e. The molecule has 3 aromatic rings. The molecule has 8 nitrogen and oxygen atoms in total. The van der Waals surface area contributed by atoms with E-state index in [1.165, 1.54) is 6.20 Å². The van der Waals surface area contributed by atoms with Gasteiger partial charge in [-0.1, -0.05) is 0 Å². The molecule has 0 unspecified atom stereocenters. The highest BCUT2D eigenvalue weighted by Gasteiger charge is 2.30. The van der Waals surface area contributed by atoms with Crippen LogP contribution >= 0.6 is 0 Å². The summed E-state index contributed by atoms with van der Waals surface area (Å²) in [6.45, 7) is 7.20. The van der Waals surface area contributed by atoms with Gasteiger partial charge in [-0.25, -0.2) is 9.50 Å². The van der Waals surface area contributed by atoms with Gasteiger partial charge in [0.05, 0.1) is 29.1 Å². The van der Waals surface area contributed by atoms with E-state index in [0.29, 0.717) is 16.8 Å². The van der Waals surface area contributed by atoms with Gasteiger partial charge in [0.15, 0.2) is 0 Å². The standard InChI is InChI=1S/C22H26N6O2/c1-21(2,29)14-30-17-8-18(20-16(9-23)11-26-28(20)12-17)15-4-5-19(25-10-15)27-7-6-22(3,24)13-27/h4-5,8,10-12,29H,6-7,13-14,24H2,1-3H3/t22-/m0/s1. The Labute approximate surface area is 175 Å². The van der Waals surface area contributed by atoms with Crippen LogP contribution in [0.4, 0.5) is 5.82 Å². The third-order valence-corrected chi connectivity index (χ3v) is 5.19. The van der Waals surface area contributed by atoms with Crippen LogP contribution in [0.15, 0.2) is 36.8 Å². The molecule has 0 amide bonds. The molecule has 0 radical (unpaired) electrons. The molecule has 1 saturated heterocycles. The van der Waals surface area contributed by atoms with E-state index in [2.05, 4.69) is 28.0 Å². The topological polar surface area (TPSA) is 113 Å². The number of aromatic nitrogens is 3. The molecule has 0 aliphatic carbocycles. The predicted molar refractivity (Wildman–Crippen MR) is 114 cm³/mol. The molecule has 8 heteroatoms. The van der Waals surface area contributed by atoms with Crippen LogP contribution in [0.5, 0.6) is 5.75 Å². The minimum Gasteiger partial charge on any atom is -0.489 e. The van der Waals surface area contributed by atoms with E-state index in [1.54, 1.807) is 30.8 Å². The molecule has 1 aliphatic rings. The maximum absolute atomic E-state index is 9.98. The minimum absolute atomic E-state index is 0.133. The summed E-state index contributed by atoms with van der Waals surface area (Å²) in [7, 11) is 0. The SMILES string of the molecule is CC(C)(O)COc1cc(-c2ccc(N3CC[C@](C)(N)C3)nc2)c2c(C#N)cnn2c1. The van der Waals surface area contributed by atoms with Gasteiger partial charge in [0.1, 0.15) is 24.2 Å². The third kappa shape index (κ3) is 4.08. The van der Waals surface area contributed by atoms with Crippen molar-refractivity contribution in [1.29, 1.82) is 5.26 Å². The van der Waals surface area contributed by atoms with E-state index in [9.17, 15) is 10.4 Å². The highest BCUT2D eigenvalue weighted by molar-refractivity contribution is 5.85. The van der Waals surface area contributed by atoms with E-state index >= 15 is 0 Å². The molecule has 4 rings (SSSR count). The van der Waals surface area contributed by atoms with Crippen molar-refractivity contribution in [2.45, 2.75) is 38.3 Å². The second-order valence-corrected chi connectivity index (χ2v) is 8.88. The Bertz CT molecular complexity index is 1110. The highest BCUT2D eigenvalue weighted by atomic mass is 16.5. The molecule has 1 atom stereocenters. The number of pyridine rings is 2. The summed E-state index contributed by atoms with van der Waals surface area (Å²) in [6.07, 6.45) is 5.97. The fraction of sp³-hybridized carbons (Fsp3) is 0.409. The van der Waals surface area contributed by atoms with Gasteiger partial charge >= 0.3 is 0 Å². The van der Waals surface area contributed by atoms with Gasteiger partial charge in [0, 0.05) is 36.0 Å². The number of hydrogen-bond acceptors (Lipinski definition) is 7. The van der Waals surface area contributed by atoms with Crippen molar-refractivity contribution >= 4 is 11.3 Å². The van der Waals surface area contributed by atoms with Gasteiger partial charge < -0.3 is 20.5 Å². The molecular formula is C22H26N6O2. The Morgan fingerprint density at radius 2 is 2.17 bits per heavy atom. The molecule has 4 heterocycles. The Hall–Kier alpha value is -3.15. The molecule has 30 heavy (non-hydrogen) atoms. The van der Waals surface area contributed by atoms with Crippen molar-refractivity contribution in [2.75, 3.05) is 24.6 Å². The fourth-order valence-corrected chi connectivity index (χ4v) is 3.65. The number of ether oxygens (including phenoxy) is 1. The largest absolute Gasteiger partial charge is 0.489 e. The van der Waals surface area contributed by atoms with Crippen LogP contribution in [0, 0.1) is 11.3 Å². The fourth-order valence-electron chi connectivity index (χ4n) is 3.65. The highest BCUT2D eigenvalue weighted by Crippen LogP contribution is 2.32. The molecule has 0 bridgehead atoms. The van der Waals surface area contributed by atoms with Crippen molar-refractivity contribution in [3.8, 4) is 22.9 Å². The van der Waals surface area contributed by atoms with Crippen LogP contribution in [-0.4, -0.2) is 50.5 Å². The van der Waals surface area contributed by atoms with E-state index in [-0.39, 0.29) is 12.1 Å². The van der Waals surface area contributed by atoms with Crippen LogP contribution in [-0.2, 0) is 0 Å². The van der Waals surface area contributed by atoms with Crippen LogP contribution in [0.25, 0.3) is 16.6 Å². The zero-order chi connectivity index (χ0) is 21.5. The lowest BCUT2D eigenvalue weighted by molar-refractivity contribution is 0.0283. The number of anilines is 1. The smallest absolute Gasteiger partial charge is 0.138 e. The van der Waals surface area contributed by atoms with Crippen molar-refractivity contribution in [1.82, 2.24) is 14.6 Å². The molecule has 156 valence electrons. The summed E-state index contributed by atoms with van der Waals surface area (Å²) in [5, 5.41) is 23.8. The Morgan fingerprint density at radius 3 is 2.77 bits per heavy atom. The second kappa shape index (κ2) is 7.27. The summed E-state index contributed by atoms with van der Waals surface area (Å²) in [5.41, 5.74) is 7.89. The summed E-state index contributed by atoms with van der Waals surface area (Å²) < 4.78 is 7.40. The summed E-state index contributed by atoms with van der Waals surface area (Å²) in [5.74, 6) is 1.43. The molecule has 1 fully saturated rings. The first kappa shape index (κ1) is 20.1. The Balaban J connectivity index is 1.71. The van der Waals surface area contributed by atoms with Gasteiger partial charge in [0.25, 0.3) is 0 Å². The monoisotopic (exact) mass is 406 g/mol. The lowest BCUT2D eigenvalue weighted by Gasteiger charge is -2.21. The molecule has 0 aromatic carbocycles. The molecule has 1 aliphatic heterocycles. The number of nitrogens with zero attached hydrogens (tertiary/aromatic N) is 5. The van der Waals surface area contributed by atoms with Gasteiger partial charge in [-0.15, -0.1) is 0 Å². The lowest BCUT2D eigenvalue weighted by Crippen LogP contribution is -2.39. The van der Waals surface area contributed by atoms with E-state index in [1.807, 2.05) is 18.2 Å². The number of hydrogen-bond donors (Lipinski definition) is 2. The average molecular weight is 406 g/mol. The zero-order valence-electron chi connectivity index (χ0n) is 17.5. The van der Waals surface area contributed by atoms with Crippen LogP contribution in [0.3, 0.4) is 0 Å². The molecular weight excluding hydrogens is 380 g/mol. The quantitative estimate of drug-likeness (QED) is 0.669. The first-order valence-corrected chi connectivity index (χ1v) is 9.92. The van der Waals surface area contributed by atoms with E-state index < -0.39 is 5.60 Å². The first-order valence-electron chi connectivity index (χ1n) is 9.92. The number of rotatable bonds is 5. The van der Waals surface area contributed by atoms with E-state index in [0.717, 1.165) is 36.5 Å². The zero-order valence-corrected chi connectivity index (χ0v) is 17.5. The van der Waals surface area contributed by atoms with Crippen molar-refractivity contribution in [3.05, 3.63) is 42.4 Å². The van der Waals surface area contributed by atoms with Crippen molar-refractivity contribution in [2.24, 2.45) is 5.73 Å². The Morgan fingerprint density at radius 1 is 1.37 bits per heavy atom. The number of fused-ring (bicyclic) bond motifs is 1. The van der Waals surface area contributed by atoms with Gasteiger partial charge in [-0.05, 0) is 45.4 Å². The van der Waals surface area contributed by atoms with E-state index in [4.69, 9.17) is 10.5 Å². The molecule has 0 spiro atoms. The number of nitriles is 1. The Kier molecular flexibility index (Phi) is 4.88. The second-order valence-electron chi connectivity index (χ2n) is 8.88. The number of aliphatic hydroxyl groups is 1. The van der Waals surface area contributed by atoms with Crippen LogP contribution < -0.4 is 15.4 Å². The van der Waals surface area contributed by atoms with Crippen LogP contribution in [0.2, 0.25) is 0 Å². The van der Waals surface area contributed by atoms with Gasteiger partial charge in [-0.3, -0.25) is 0 Å². The van der Waals surface area contributed by atoms with Crippen molar-refractivity contribution in [3.63, 3.8) is 0 Å². The van der Waals surface area contributed by atoms with Gasteiger partial charge in [0.2, 0.25) is 0 Å². The summed E-state index contributed by atoms with van der Waals surface area (Å²) in [6, 6.07) is 8.00.